The minimum absolute atomic E-state index is 0.0347. The van der Waals surface area contributed by atoms with Crippen LogP contribution in [0.1, 0.15) is 31.2 Å². The number of alkyl halides is 3. The molecule has 0 aliphatic heterocycles. The van der Waals surface area contributed by atoms with Crippen molar-refractivity contribution in [2.45, 2.75) is 25.9 Å². The predicted molar refractivity (Wildman–Crippen MR) is 39.0 cm³/mol. The lowest BCUT2D eigenvalue weighted by Gasteiger charge is -2.06. The van der Waals surface area contributed by atoms with Crippen LogP contribution in [0, 0.1) is 0 Å². The first-order valence-corrected chi connectivity index (χ1v) is 4.05. The molecule has 0 saturated carbocycles. The standard InChI is InChI=1S/C6H7F3N2S/c1-3(2)4-5(6(7,8)9)11-12-10-4/h3H,1-2H3. The molecule has 0 spiro atoms. The fourth-order valence-electron chi connectivity index (χ4n) is 0.771. The van der Waals surface area contributed by atoms with Crippen molar-refractivity contribution in [3.8, 4) is 0 Å². The van der Waals surface area contributed by atoms with Gasteiger partial charge in [-0.3, -0.25) is 0 Å². The molecule has 0 amide bonds. The molecule has 1 aromatic heterocycles. The Balaban J connectivity index is 3.08. The second-order valence-electron chi connectivity index (χ2n) is 2.65. The Bertz CT molecular complexity index is 266. The van der Waals surface area contributed by atoms with E-state index in [1.165, 1.54) is 0 Å². The van der Waals surface area contributed by atoms with Gasteiger partial charge in [-0.15, -0.1) is 0 Å². The van der Waals surface area contributed by atoms with Crippen molar-refractivity contribution in [1.82, 2.24) is 8.75 Å². The van der Waals surface area contributed by atoms with Crippen molar-refractivity contribution >= 4 is 11.7 Å². The van der Waals surface area contributed by atoms with E-state index in [9.17, 15) is 13.2 Å². The molecule has 1 aromatic rings. The molecule has 0 N–H and O–H groups in total. The Kier molecular flexibility index (Phi) is 2.36. The Labute approximate surface area is 71.7 Å². The van der Waals surface area contributed by atoms with E-state index in [1.54, 1.807) is 13.8 Å². The fraction of sp³-hybridized carbons (Fsp3) is 0.667. The van der Waals surface area contributed by atoms with Gasteiger partial charge in [0, 0.05) is 0 Å². The van der Waals surface area contributed by atoms with Gasteiger partial charge in [0.1, 0.15) is 0 Å². The summed E-state index contributed by atoms with van der Waals surface area (Å²) in [6.45, 7) is 3.32. The van der Waals surface area contributed by atoms with Gasteiger partial charge >= 0.3 is 6.18 Å². The maximum Gasteiger partial charge on any atom is 0.436 e. The minimum Gasteiger partial charge on any atom is -0.177 e. The van der Waals surface area contributed by atoms with Crippen LogP contribution >= 0.6 is 11.7 Å². The largest absolute Gasteiger partial charge is 0.436 e. The first-order valence-electron chi connectivity index (χ1n) is 3.32. The third-order valence-electron chi connectivity index (χ3n) is 1.33. The second kappa shape index (κ2) is 3.01. The van der Waals surface area contributed by atoms with Gasteiger partial charge in [0.2, 0.25) is 0 Å². The summed E-state index contributed by atoms with van der Waals surface area (Å²) in [6.07, 6.45) is -4.37. The number of rotatable bonds is 1. The minimum atomic E-state index is -4.37. The van der Waals surface area contributed by atoms with Gasteiger partial charge in [0.15, 0.2) is 5.69 Å². The van der Waals surface area contributed by atoms with E-state index in [0.717, 1.165) is 0 Å². The Morgan fingerprint density at radius 1 is 1.25 bits per heavy atom. The Morgan fingerprint density at radius 2 is 1.83 bits per heavy atom. The Morgan fingerprint density at radius 3 is 2.17 bits per heavy atom. The third kappa shape index (κ3) is 1.74. The van der Waals surface area contributed by atoms with Crippen LogP contribution in [0.4, 0.5) is 13.2 Å². The molecule has 6 heteroatoms. The molecule has 2 nitrogen and oxygen atoms in total. The van der Waals surface area contributed by atoms with Crippen molar-refractivity contribution < 1.29 is 13.2 Å². The van der Waals surface area contributed by atoms with Gasteiger partial charge in [-0.05, 0) is 5.92 Å². The molecule has 12 heavy (non-hydrogen) atoms. The average Bonchev–Trinajstić information content (AvgIpc) is 2.30. The van der Waals surface area contributed by atoms with Gasteiger partial charge in [-0.2, -0.15) is 21.9 Å². The number of hydrogen-bond donors (Lipinski definition) is 0. The summed E-state index contributed by atoms with van der Waals surface area (Å²) in [5.74, 6) is -0.236. The number of nitrogens with zero attached hydrogens (tertiary/aromatic N) is 2. The third-order valence-corrected chi connectivity index (χ3v) is 1.87. The lowest BCUT2D eigenvalue weighted by Crippen LogP contribution is -2.09. The van der Waals surface area contributed by atoms with Crippen molar-refractivity contribution in [2.75, 3.05) is 0 Å². The zero-order chi connectivity index (χ0) is 9.35. The van der Waals surface area contributed by atoms with Gasteiger partial charge in [0.25, 0.3) is 0 Å². The molecule has 1 heterocycles. The van der Waals surface area contributed by atoms with E-state index in [-0.39, 0.29) is 11.6 Å². The van der Waals surface area contributed by atoms with Crippen molar-refractivity contribution in [2.24, 2.45) is 0 Å². The van der Waals surface area contributed by atoms with Crippen molar-refractivity contribution in [3.05, 3.63) is 11.4 Å². The summed E-state index contributed by atoms with van der Waals surface area (Å²) in [4.78, 5) is 0. The van der Waals surface area contributed by atoms with E-state index >= 15 is 0 Å². The molecule has 0 saturated heterocycles. The summed E-state index contributed by atoms with van der Waals surface area (Å²) >= 11 is 0.601. The summed E-state index contributed by atoms with van der Waals surface area (Å²) < 4.78 is 43.2. The normalized spacial score (nSPS) is 12.5. The second-order valence-corrected chi connectivity index (χ2v) is 3.18. The van der Waals surface area contributed by atoms with Crippen LogP contribution in [0.15, 0.2) is 0 Å². The number of halogens is 3. The first kappa shape index (κ1) is 9.44. The van der Waals surface area contributed by atoms with Crippen LogP contribution < -0.4 is 0 Å². The maximum absolute atomic E-state index is 12.1. The van der Waals surface area contributed by atoms with Gasteiger partial charge in [-0.1, -0.05) is 13.8 Å². The zero-order valence-electron chi connectivity index (χ0n) is 6.51. The fourth-order valence-corrected chi connectivity index (χ4v) is 1.48. The van der Waals surface area contributed by atoms with Gasteiger partial charge < -0.3 is 0 Å². The van der Waals surface area contributed by atoms with Gasteiger partial charge in [0.05, 0.1) is 17.4 Å². The molecule has 0 aliphatic rings. The monoisotopic (exact) mass is 196 g/mol. The predicted octanol–water partition coefficient (Wildman–Crippen LogP) is 2.68. The van der Waals surface area contributed by atoms with Crippen LogP contribution in [0.2, 0.25) is 0 Å². The molecule has 68 valence electrons. The molecule has 0 atom stereocenters. The van der Waals surface area contributed by atoms with Crippen LogP contribution in [0.3, 0.4) is 0 Å². The highest BCUT2D eigenvalue weighted by Crippen LogP contribution is 2.33. The molecule has 0 unspecified atom stereocenters. The zero-order valence-corrected chi connectivity index (χ0v) is 7.33. The molecule has 0 radical (unpaired) electrons. The van der Waals surface area contributed by atoms with E-state index in [1.807, 2.05) is 0 Å². The van der Waals surface area contributed by atoms with E-state index < -0.39 is 11.9 Å². The SMILES string of the molecule is CC(C)c1nsnc1C(F)(F)F. The molecular weight excluding hydrogens is 189 g/mol. The molecule has 1 rings (SSSR count). The number of aromatic nitrogens is 2. The van der Waals surface area contributed by atoms with Gasteiger partial charge in [-0.25, -0.2) is 0 Å². The average molecular weight is 196 g/mol. The van der Waals surface area contributed by atoms with Crippen LogP contribution in [-0.4, -0.2) is 8.75 Å². The summed E-state index contributed by atoms with van der Waals surface area (Å²) in [5.41, 5.74) is -0.810. The van der Waals surface area contributed by atoms with E-state index in [0.29, 0.717) is 11.7 Å². The lowest BCUT2D eigenvalue weighted by atomic mass is 10.1. The highest BCUT2D eigenvalue weighted by Gasteiger charge is 2.37. The molecule has 0 aliphatic carbocycles. The van der Waals surface area contributed by atoms with E-state index in [4.69, 9.17) is 0 Å². The quantitative estimate of drug-likeness (QED) is 0.690. The highest BCUT2D eigenvalue weighted by atomic mass is 32.1. The summed E-state index contributed by atoms with van der Waals surface area (Å²) in [5, 5.41) is 0. The first-order chi connectivity index (χ1) is 5.43. The van der Waals surface area contributed by atoms with Crippen molar-refractivity contribution in [1.29, 1.82) is 0 Å². The topological polar surface area (TPSA) is 25.8 Å². The molecule has 0 bridgehead atoms. The Hall–Kier alpha value is -0.650. The smallest absolute Gasteiger partial charge is 0.177 e. The van der Waals surface area contributed by atoms with Crippen LogP contribution in [0.5, 0.6) is 0 Å². The summed E-state index contributed by atoms with van der Waals surface area (Å²) in [7, 11) is 0. The molecule has 0 aromatic carbocycles. The lowest BCUT2D eigenvalue weighted by molar-refractivity contribution is -0.141. The van der Waals surface area contributed by atoms with Crippen LogP contribution in [-0.2, 0) is 6.18 Å². The molecule has 0 fully saturated rings. The van der Waals surface area contributed by atoms with Crippen LogP contribution in [0.25, 0.3) is 0 Å². The molecular formula is C6H7F3N2S. The van der Waals surface area contributed by atoms with E-state index in [2.05, 4.69) is 8.75 Å². The van der Waals surface area contributed by atoms with Crippen molar-refractivity contribution in [3.63, 3.8) is 0 Å². The summed E-state index contributed by atoms with van der Waals surface area (Å²) in [6, 6.07) is 0. The number of hydrogen-bond acceptors (Lipinski definition) is 3. The maximum atomic E-state index is 12.1. The highest BCUT2D eigenvalue weighted by molar-refractivity contribution is 6.99.